The number of benzene rings is 2. The van der Waals surface area contributed by atoms with Gasteiger partial charge in [-0.1, -0.05) is 24.8 Å². The number of nitrogens with one attached hydrogen (secondary N) is 1. The maximum absolute atomic E-state index is 5.24. The number of hydrazone groups is 1. The third kappa shape index (κ3) is 4.00. The zero-order valence-corrected chi connectivity index (χ0v) is 16.7. The molecule has 2 aromatic heterocycles. The van der Waals surface area contributed by atoms with E-state index in [9.17, 15) is 0 Å². The summed E-state index contributed by atoms with van der Waals surface area (Å²) in [5.74, 6) is 1.35. The van der Waals surface area contributed by atoms with Crippen LogP contribution in [0.2, 0.25) is 0 Å². The zero-order valence-electron chi connectivity index (χ0n) is 16.7. The standard InChI is InChI=1S/C23H22N6O/c1-4-28(24-2)16-17-8-12-19(13-9-17)25-23-26-22-7-5-6-21(29(22)27-23)18-10-14-20(30-3)15-11-18/h4-15H,1-2,16H2,3H3,(H,25,27). The summed E-state index contributed by atoms with van der Waals surface area (Å²) in [5.41, 5.74) is 4.74. The van der Waals surface area contributed by atoms with E-state index >= 15 is 0 Å². The maximum atomic E-state index is 5.24. The van der Waals surface area contributed by atoms with Gasteiger partial charge in [-0.25, -0.2) is 4.52 Å². The first-order valence-corrected chi connectivity index (χ1v) is 9.42. The van der Waals surface area contributed by atoms with E-state index < -0.39 is 0 Å². The summed E-state index contributed by atoms with van der Waals surface area (Å²) in [6.07, 6.45) is 1.64. The van der Waals surface area contributed by atoms with E-state index in [0.29, 0.717) is 12.5 Å². The normalized spacial score (nSPS) is 10.6. The highest BCUT2D eigenvalue weighted by atomic mass is 16.5. The van der Waals surface area contributed by atoms with Crippen LogP contribution >= 0.6 is 0 Å². The molecule has 150 valence electrons. The van der Waals surface area contributed by atoms with Gasteiger partial charge in [0.1, 0.15) is 5.75 Å². The average molecular weight is 398 g/mol. The van der Waals surface area contributed by atoms with Gasteiger partial charge in [0.25, 0.3) is 0 Å². The number of rotatable bonds is 8. The second-order valence-electron chi connectivity index (χ2n) is 6.59. The lowest BCUT2D eigenvalue weighted by Crippen LogP contribution is -2.07. The smallest absolute Gasteiger partial charge is 0.247 e. The van der Waals surface area contributed by atoms with Gasteiger partial charge in [0.15, 0.2) is 5.65 Å². The predicted octanol–water partition coefficient (Wildman–Crippen LogP) is 4.71. The highest BCUT2D eigenvalue weighted by Crippen LogP contribution is 2.24. The molecule has 0 aliphatic rings. The molecule has 0 aliphatic heterocycles. The lowest BCUT2D eigenvalue weighted by atomic mass is 10.1. The van der Waals surface area contributed by atoms with Gasteiger partial charge < -0.3 is 10.1 Å². The fourth-order valence-corrected chi connectivity index (χ4v) is 3.12. The number of hydrogen-bond acceptors (Lipinski definition) is 6. The minimum absolute atomic E-state index is 0.532. The van der Waals surface area contributed by atoms with Gasteiger partial charge in [-0.05, 0) is 54.1 Å². The number of methoxy groups -OCH3 is 1. The SMILES string of the molecule is C=CN(Cc1ccc(Nc2nc3cccc(-c4ccc(OC)cc4)n3n2)cc1)N=C. The maximum Gasteiger partial charge on any atom is 0.247 e. The molecule has 7 heteroatoms. The van der Waals surface area contributed by atoms with Crippen LogP contribution in [0.4, 0.5) is 11.6 Å². The van der Waals surface area contributed by atoms with Crippen molar-refractivity contribution in [3.63, 3.8) is 0 Å². The summed E-state index contributed by atoms with van der Waals surface area (Å²) < 4.78 is 7.07. The molecule has 4 rings (SSSR count). The van der Waals surface area contributed by atoms with E-state index in [1.807, 2.05) is 71.2 Å². The molecule has 0 radical (unpaired) electrons. The van der Waals surface area contributed by atoms with Gasteiger partial charge >= 0.3 is 0 Å². The summed E-state index contributed by atoms with van der Waals surface area (Å²) in [6, 6.07) is 21.8. The summed E-state index contributed by atoms with van der Waals surface area (Å²) >= 11 is 0. The van der Waals surface area contributed by atoms with Crippen molar-refractivity contribution >= 4 is 24.0 Å². The Morgan fingerprint density at radius 2 is 1.87 bits per heavy atom. The Balaban J connectivity index is 1.57. The number of anilines is 2. The Morgan fingerprint density at radius 3 is 2.53 bits per heavy atom. The van der Waals surface area contributed by atoms with Crippen molar-refractivity contribution in [1.29, 1.82) is 0 Å². The molecule has 0 atom stereocenters. The average Bonchev–Trinajstić information content (AvgIpc) is 3.21. The first-order chi connectivity index (χ1) is 14.7. The molecule has 2 aromatic carbocycles. The molecule has 30 heavy (non-hydrogen) atoms. The monoisotopic (exact) mass is 398 g/mol. The first-order valence-electron chi connectivity index (χ1n) is 9.42. The summed E-state index contributed by atoms with van der Waals surface area (Å²) in [4.78, 5) is 4.60. The van der Waals surface area contributed by atoms with E-state index in [0.717, 1.165) is 33.9 Å². The molecule has 1 N–H and O–H groups in total. The van der Waals surface area contributed by atoms with Crippen molar-refractivity contribution in [3.05, 3.63) is 85.1 Å². The predicted molar refractivity (Wildman–Crippen MR) is 120 cm³/mol. The fraction of sp³-hybridized carbons (Fsp3) is 0.0870. The van der Waals surface area contributed by atoms with E-state index in [1.54, 1.807) is 18.3 Å². The molecule has 7 nitrogen and oxygen atoms in total. The largest absolute Gasteiger partial charge is 0.497 e. The van der Waals surface area contributed by atoms with Gasteiger partial charge in [-0.2, -0.15) is 10.1 Å². The van der Waals surface area contributed by atoms with Crippen LogP contribution in [-0.4, -0.2) is 33.4 Å². The Bertz CT molecular complexity index is 1160. The second kappa shape index (κ2) is 8.48. The van der Waals surface area contributed by atoms with Gasteiger partial charge in [0, 0.05) is 24.2 Å². The van der Waals surface area contributed by atoms with Crippen molar-refractivity contribution in [1.82, 2.24) is 19.6 Å². The molecule has 0 aliphatic carbocycles. The van der Waals surface area contributed by atoms with Crippen molar-refractivity contribution in [2.75, 3.05) is 12.4 Å². The molecule has 0 amide bonds. The van der Waals surface area contributed by atoms with Crippen LogP contribution in [-0.2, 0) is 6.54 Å². The Morgan fingerprint density at radius 1 is 1.10 bits per heavy atom. The number of pyridine rings is 1. The molecule has 0 unspecified atom stereocenters. The lowest BCUT2D eigenvalue weighted by molar-refractivity contribution is 0.397. The molecule has 2 heterocycles. The van der Waals surface area contributed by atoms with Crippen LogP contribution < -0.4 is 10.1 Å². The number of ether oxygens (including phenoxy) is 1. The first kappa shape index (κ1) is 19.2. The van der Waals surface area contributed by atoms with E-state index in [-0.39, 0.29) is 0 Å². The third-order valence-electron chi connectivity index (χ3n) is 4.69. The minimum atomic E-state index is 0.532. The van der Waals surface area contributed by atoms with Crippen LogP contribution in [0.25, 0.3) is 16.9 Å². The van der Waals surface area contributed by atoms with E-state index in [4.69, 9.17) is 4.74 Å². The van der Waals surface area contributed by atoms with E-state index in [2.05, 4.69) is 33.8 Å². The second-order valence-corrected chi connectivity index (χ2v) is 6.59. The van der Waals surface area contributed by atoms with Gasteiger partial charge in [0.05, 0.1) is 19.3 Å². The van der Waals surface area contributed by atoms with Crippen molar-refractivity contribution < 1.29 is 4.74 Å². The van der Waals surface area contributed by atoms with Gasteiger partial charge in [-0.3, -0.25) is 5.01 Å². The Kier molecular flexibility index (Phi) is 5.43. The highest BCUT2D eigenvalue weighted by Gasteiger charge is 2.09. The van der Waals surface area contributed by atoms with Gasteiger partial charge in [0.2, 0.25) is 5.95 Å². The van der Waals surface area contributed by atoms with Gasteiger partial charge in [-0.15, -0.1) is 5.10 Å². The lowest BCUT2D eigenvalue weighted by Gasteiger charge is -2.13. The Labute approximate surface area is 174 Å². The molecule has 0 saturated carbocycles. The summed E-state index contributed by atoms with van der Waals surface area (Å²) in [7, 11) is 1.66. The topological polar surface area (TPSA) is 67.0 Å². The molecular weight excluding hydrogens is 376 g/mol. The fourth-order valence-electron chi connectivity index (χ4n) is 3.12. The summed E-state index contributed by atoms with van der Waals surface area (Å²) in [5, 5.41) is 13.5. The number of nitrogens with zero attached hydrogens (tertiary/aromatic N) is 5. The van der Waals surface area contributed by atoms with E-state index in [1.165, 1.54) is 0 Å². The number of fused-ring (bicyclic) bond motifs is 1. The highest BCUT2D eigenvalue weighted by molar-refractivity contribution is 5.65. The molecule has 0 saturated heterocycles. The molecule has 0 fully saturated rings. The Hall–Kier alpha value is -4.13. The van der Waals surface area contributed by atoms with Crippen LogP contribution in [0.3, 0.4) is 0 Å². The van der Waals surface area contributed by atoms with Crippen LogP contribution in [0, 0.1) is 0 Å². The number of aromatic nitrogens is 3. The molecule has 4 aromatic rings. The minimum Gasteiger partial charge on any atom is -0.497 e. The molecule has 0 spiro atoms. The summed E-state index contributed by atoms with van der Waals surface area (Å²) in [6.45, 7) is 7.86. The van der Waals surface area contributed by atoms with Crippen LogP contribution in [0.1, 0.15) is 5.56 Å². The molecular formula is C23H22N6O. The number of hydrogen-bond donors (Lipinski definition) is 1. The van der Waals surface area contributed by atoms with Crippen LogP contribution in [0.5, 0.6) is 5.75 Å². The van der Waals surface area contributed by atoms with Crippen molar-refractivity contribution in [3.8, 4) is 17.0 Å². The quantitative estimate of drug-likeness (QED) is 0.344. The van der Waals surface area contributed by atoms with Crippen LogP contribution in [0.15, 0.2) is 84.6 Å². The molecule has 0 bridgehead atoms. The third-order valence-corrected chi connectivity index (χ3v) is 4.69. The van der Waals surface area contributed by atoms with Crippen molar-refractivity contribution in [2.24, 2.45) is 5.10 Å². The zero-order chi connectivity index (χ0) is 20.9. The van der Waals surface area contributed by atoms with Crippen molar-refractivity contribution in [2.45, 2.75) is 6.54 Å².